The molecule has 0 heterocycles. The topological polar surface area (TPSA) is 64.6 Å². The summed E-state index contributed by atoms with van der Waals surface area (Å²) in [5, 5.41) is 3.22. The summed E-state index contributed by atoms with van der Waals surface area (Å²) in [4.78, 5) is 23.8. The highest BCUT2D eigenvalue weighted by Gasteiger charge is 2.16. The number of carbonyl (C=O) groups is 2. The highest BCUT2D eigenvalue weighted by atomic mass is 35.5. The van der Waals surface area contributed by atoms with E-state index in [9.17, 15) is 9.59 Å². The molecule has 6 heteroatoms. The Bertz CT molecular complexity index is 754. The third kappa shape index (κ3) is 5.97. The Labute approximate surface area is 151 Å². The molecule has 1 amide bonds. The first-order valence-corrected chi connectivity index (χ1v) is 7.95. The SMILES string of the molecule is COc1ccc(C=CC(=O)OC(C)C(=O)Nc2ccc(Cl)cc2)cc1. The number of halogens is 1. The van der Waals surface area contributed by atoms with Crippen LogP contribution in [0.15, 0.2) is 54.6 Å². The van der Waals surface area contributed by atoms with Crippen molar-refractivity contribution >= 4 is 35.2 Å². The number of carbonyl (C=O) groups excluding carboxylic acids is 2. The lowest BCUT2D eigenvalue weighted by atomic mass is 10.2. The fourth-order valence-electron chi connectivity index (χ4n) is 1.92. The molecule has 2 rings (SSSR count). The van der Waals surface area contributed by atoms with Gasteiger partial charge < -0.3 is 14.8 Å². The smallest absolute Gasteiger partial charge is 0.331 e. The Morgan fingerprint density at radius 2 is 1.72 bits per heavy atom. The minimum absolute atomic E-state index is 0.423. The minimum atomic E-state index is -0.927. The highest BCUT2D eigenvalue weighted by Crippen LogP contribution is 2.14. The fourth-order valence-corrected chi connectivity index (χ4v) is 2.05. The zero-order valence-electron chi connectivity index (χ0n) is 13.9. The Kier molecular flexibility index (Phi) is 6.60. The van der Waals surface area contributed by atoms with Crippen molar-refractivity contribution in [1.82, 2.24) is 0 Å². The summed E-state index contributed by atoms with van der Waals surface area (Å²) in [5.74, 6) is -0.296. The van der Waals surface area contributed by atoms with Crippen molar-refractivity contribution in [3.8, 4) is 5.75 Å². The molecular weight excluding hydrogens is 342 g/mol. The lowest BCUT2D eigenvalue weighted by Gasteiger charge is -2.12. The maximum absolute atomic E-state index is 12.0. The van der Waals surface area contributed by atoms with Crippen LogP contribution in [0.3, 0.4) is 0 Å². The van der Waals surface area contributed by atoms with Crippen LogP contribution < -0.4 is 10.1 Å². The molecule has 5 nitrogen and oxygen atoms in total. The van der Waals surface area contributed by atoms with E-state index in [1.165, 1.54) is 13.0 Å². The lowest BCUT2D eigenvalue weighted by molar-refractivity contribution is -0.148. The first-order chi connectivity index (χ1) is 12.0. The maximum Gasteiger partial charge on any atom is 0.331 e. The normalized spacial score (nSPS) is 11.8. The zero-order valence-corrected chi connectivity index (χ0v) is 14.6. The molecule has 0 saturated carbocycles. The van der Waals surface area contributed by atoms with Crippen LogP contribution >= 0.6 is 11.6 Å². The van der Waals surface area contributed by atoms with Gasteiger partial charge in [0, 0.05) is 16.8 Å². The molecule has 1 N–H and O–H groups in total. The van der Waals surface area contributed by atoms with Gasteiger partial charge in [-0.2, -0.15) is 0 Å². The molecule has 0 aromatic heterocycles. The van der Waals surface area contributed by atoms with Gasteiger partial charge in [-0.1, -0.05) is 23.7 Å². The summed E-state index contributed by atoms with van der Waals surface area (Å²) >= 11 is 5.79. The largest absolute Gasteiger partial charge is 0.497 e. The number of benzene rings is 2. The Hall–Kier alpha value is -2.79. The van der Waals surface area contributed by atoms with Crippen LogP contribution in [0.1, 0.15) is 12.5 Å². The summed E-state index contributed by atoms with van der Waals surface area (Å²) < 4.78 is 10.1. The van der Waals surface area contributed by atoms with Crippen molar-refractivity contribution in [3.05, 3.63) is 65.2 Å². The molecule has 25 heavy (non-hydrogen) atoms. The van der Waals surface area contributed by atoms with Crippen molar-refractivity contribution in [2.24, 2.45) is 0 Å². The molecule has 0 spiro atoms. The molecule has 130 valence electrons. The van der Waals surface area contributed by atoms with Crippen LogP contribution in [0.5, 0.6) is 5.75 Å². The molecule has 0 fully saturated rings. The first kappa shape index (κ1) is 18.5. The third-order valence-electron chi connectivity index (χ3n) is 3.30. The predicted octanol–water partition coefficient (Wildman–Crippen LogP) is 3.93. The molecule has 2 aromatic carbocycles. The van der Waals surface area contributed by atoms with Crippen molar-refractivity contribution < 1.29 is 19.1 Å². The number of amides is 1. The summed E-state index contributed by atoms with van der Waals surface area (Å²) in [5.41, 5.74) is 1.39. The van der Waals surface area contributed by atoms with Gasteiger partial charge in [0.05, 0.1) is 7.11 Å². The molecule has 0 aliphatic heterocycles. The monoisotopic (exact) mass is 359 g/mol. The number of ether oxygens (including phenoxy) is 2. The van der Waals surface area contributed by atoms with Gasteiger partial charge in [0.15, 0.2) is 6.10 Å². The van der Waals surface area contributed by atoms with Gasteiger partial charge in [0.25, 0.3) is 5.91 Å². The number of hydrogen-bond acceptors (Lipinski definition) is 4. The Balaban J connectivity index is 1.86. The van der Waals surface area contributed by atoms with E-state index in [2.05, 4.69) is 5.32 Å². The van der Waals surface area contributed by atoms with Gasteiger partial charge in [-0.15, -0.1) is 0 Å². The number of hydrogen-bond donors (Lipinski definition) is 1. The van der Waals surface area contributed by atoms with Gasteiger partial charge in [0.2, 0.25) is 0 Å². The van der Waals surface area contributed by atoms with Crippen LogP contribution in [0.4, 0.5) is 5.69 Å². The van der Waals surface area contributed by atoms with Crippen LogP contribution in [-0.4, -0.2) is 25.1 Å². The molecule has 1 unspecified atom stereocenters. The first-order valence-electron chi connectivity index (χ1n) is 7.57. The second kappa shape index (κ2) is 8.89. The van der Waals surface area contributed by atoms with Crippen molar-refractivity contribution in [2.75, 3.05) is 12.4 Å². The molecule has 0 radical (unpaired) electrons. The number of anilines is 1. The average Bonchev–Trinajstić information content (AvgIpc) is 2.62. The van der Waals surface area contributed by atoms with E-state index in [1.54, 1.807) is 61.7 Å². The molecule has 2 aromatic rings. The second-order valence-electron chi connectivity index (χ2n) is 5.18. The zero-order chi connectivity index (χ0) is 18.2. The van der Waals surface area contributed by atoms with Crippen molar-refractivity contribution in [3.63, 3.8) is 0 Å². The van der Waals surface area contributed by atoms with E-state index in [0.29, 0.717) is 10.7 Å². The van der Waals surface area contributed by atoms with E-state index in [-0.39, 0.29) is 0 Å². The third-order valence-corrected chi connectivity index (χ3v) is 3.55. The average molecular weight is 360 g/mol. The quantitative estimate of drug-likeness (QED) is 0.627. The number of rotatable bonds is 6. The van der Waals surface area contributed by atoms with E-state index in [1.807, 2.05) is 0 Å². The summed E-state index contributed by atoms with van der Waals surface area (Å²) in [6, 6.07) is 13.8. The van der Waals surface area contributed by atoms with Gasteiger partial charge in [-0.05, 0) is 55.0 Å². The molecular formula is C19H18ClNO4. The number of nitrogens with one attached hydrogen (secondary N) is 1. The maximum atomic E-state index is 12.0. The van der Waals surface area contributed by atoms with E-state index < -0.39 is 18.0 Å². The number of methoxy groups -OCH3 is 1. The van der Waals surface area contributed by atoms with Gasteiger partial charge in [0.1, 0.15) is 5.75 Å². The van der Waals surface area contributed by atoms with Gasteiger partial charge >= 0.3 is 5.97 Å². The standard InChI is InChI=1S/C19H18ClNO4/c1-13(19(23)21-16-8-6-15(20)7-9-16)25-18(22)12-5-14-3-10-17(24-2)11-4-14/h3-13H,1-2H3,(H,21,23). The van der Waals surface area contributed by atoms with Gasteiger partial charge in [-0.25, -0.2) is 4.79 Å². The summed E-state index contributed by atoms with van der Waals surface area (Å²) in [7, 11) is 1.58. The van der Waals surface area contributed by atoms with Crippen molar-refractivity contribution in [1.29, 1.82) is 0 Å². The fraction of sp³-hybridized carbons (Fsp3) is 0.158. The van der Waals surface area contributed by atoms with Crippen molar-refractivity contribution in [2.45, 2.75) is 13.0 Å². The van der Waals surface area contributed by atoms with Crippen LogP contribution in [0.25, 0.3) is 6.08 Å². The summed E-state index contributed by atoms with van der Waals surface area (Å²) in [6.07, 6.45) is 1.95. The molecule has 0 aliphatic rings. The highest BCUT2D eigenvalue weighted by molar-refractivity contribution is 6.30. The Morgan fingerprint density at radius 1 is 1.08 bits per heavy atom. The van der Waals surface area contributed by atoms with Crippen LogP contribution in [0, 0.1) is 0 Å². The molecule has 1 atom stereocenters. The van der Waals surface area contributed by atoms with E-state index in [0.717, 1.165) is 11.3 Å². The minimum Gasteiger partial charge on any atom is -0.497 e. The Morgan fingerprint density at radius 3 is 2.32 bits per heavy atom. The van der Waals surface area contributed by atoms with E-state index in [4.69, 9.17) is 21.1 Å². The molecule has 0 bridgehead atoms. The van der Waals surface area contributed by atoms with Crippen LogP contribution in [0.2, 0.25) is 5.02 Å². The van der Waals surface area contributed by atoms with Crippen LogP contribution in [-0.2, 0) is 14.3 Å². The molecule has 0 saturated heterocycles. The summed E-state index contributed by atoms with van der Waals surface area (Å²) in [6.45, 7) is 1.50. The van der Waals surface area contributed by atoms with Gasteiger partial charge in [-0.3, -0.25) is 4.79 Å². The second-order valence-corrected chi connectivity index (χ2v) is 5.62. The van der Waals surface area contributed by atoms with E-state index >= 15 is 0 Å². The lowest BCUT2D eigenvalue weighted by Crippen LogP contribution is -2.29. The predicted molar refractivity (Wildman–Crippen MR) is 97.7 cm³/mol. The molecule has 0 aliphatic carbocycles. The number of esters is 1.